The van der Waals surface area contributed by atoms with Crippen molar-refractivity contribution in [3.63, 3.8) is 0 Å². The lowest BCUT2D eigenvalue weighted by Gasteiger charge is -2.34. The Hall–Kier alpha value is -2.62. The zero-order valence-corrected chi connectivity index (χ0v) is 19.3. The number of halogens is 2. The molecule has 2 aromatic rings. The number of amides is 1. The predicted octanol–water partition coefficient (Wildman–Crippen LogP) is 2.90. The molecule has 176 valence electrons. The summed E-state index contributed by atoms with van der Waals surface area (Å²) in [4.78, 5) is 16.6. The Morgan fingerprint density at radius 1 is 1.03 bits per heavy atom. The van der Waals surface area contributed by atoms with E-state index in [9.17, 15) is 22.0 Å². The number of piperazine rings is 1. The molecule has 33 heavy (non-hydrogen) atoms. The lowest BCUT2D eigenvalue weighted by molar-refractivity contribution is -0.132. The summed E-state index contributed by atoms with van der Waals surface area (Å²) in [6.45, 7) is 2.17. The highest BCUT2D eigenvalue weighted by Gasteiger charge is 2.30. The Bertz CT molecular complexity index is 1150. The Morgan fingerprint density at radius 3 is 2.39 bits per heavy atom. The maximum Gasteiger partial charge on any atom is 0.223 e. The maximum atomic E-state index is 14.4. The van der Waals surface area contributed by atoms with Gasteiger partial charge in [-0.05, 0) is 29.3 Å². The van der Waals surface area contributed by atoms with Crippen LogP contribution in [0, 0.1) is 11.6 Å². The molecule has 0 bridgehead atoms. The number of hydrogen-bond donors (Lipinski definition) is 0. The van der Waals surface area contributed by atoms with E-state index in [1.165, 1.54) is 16.6 Å². The summed E-state index contributed by atoms with van der Waals surface area (Å²) in [5.74, 6) is -1.01. The van der Waals surface area contributed by atoms with Gasteiger partial charge in [0.1, 0.15) is 11.6 Å². The van der Waals surface area contributed by atoms with E-state index in [-0.39, 0.29) is 23.9 Å². The molecule has 0 spiro atoms. The summed E-state index contributed by atoms with van der Waals surface area (Å²) < 4.78 is 53.0. The van der Waals surface area contributed by atoms with Crippen molar-refractivity contribution in [1.82, 2.24) is 14.1 Å². The fourth-order valence-corrected chi connectivity index (χ4v) is 5.25. The van der Waals surface area contributed by atoms with Gasteiger partial charge in [-0.2, -0.15) is 4.31 Å². The molecule has 0 aromatic heterocycles. The molecular weight excluding hydrogens is 448 g/mol. The molecule has 6 nitrogen and oxygen atoms in total. The molecule has 0 N–H and O–H groups in total. The Labute approximate surface area is 193 Å². The minimum absolute atomic E-state index is 0.0413. The van der Waals surface area contributed by atoms with E-state index in [0.717, 1.165) is 17.7 Å². The number of hydrogen-bond acceptors (Lipinski definition) is 4. The second kappa shape index (κ2) is 9.70. The first-order valence-corrected chi connectivity index (χ1v) is 12.8. The fraction of sp³-hybridized carbons (Fsp3) is 0.375. The smallest absolute Gasteiger partial charge is 0.223 e. The molecule has 2 aliphatic rings. The Morgan fingerprint density at radius 2 is 1.73 bits per heavy atom. The van der Waals surface area contributed by atoms with Crippen LogP contribution in [0.4, 0.5) is 8.78 Å². The van der Waals surface area contributed by atoms with E-state index < -0.39 is 21.7 Å². The lowest BCUT2D eigenvalue weighted by Crippen LogP contribution is -2.50. The number of carbonyl (C=O) groups excluding carboxylic acids is 1. The van der Waals surface area contributed by atoms with E-state index in [1.54, 1.807) is 4.90 Å². The van der Waals surface area contributed by atoms with Crippen molar-refractivity contribution in [2.45, 2.75) is 12.5 Å². The predicted molar refractivity (Wildman–Crippen MR) is 123 cm³/mol. The van der Waals surface area contributed by atoms with Crippen molar-refractivity contribution in [2.24, 2.45) is 0 Å². The van der Waals surface area contributed by atoms with Gasteiger partial charge in [-0.25, -0.2) is 17.2 Å². The quantitative estimate of drug-likeness (QED) is 0.645. The Balaban J connectivity index is 1.45. The molecule has 2 heterocycles. The normalized spacial score (nSPS) is 20.2. The van der Waals surface area contributed by atoms with Gasteiger partial charge >= 0.3 is 0 Å². The first-order valence-electron chi connectivity index (χ1n) is 10.9. The number of rotatable bonds is 6. The van der Waals surface area contributed by atoms with E-state index in [2.05, 4.69) is 4.90 Å². The van der Waals surface area contributed by atoms with Crippen LogP contribution in [0.1, 0.15) is 23.6 Å². The highest BCUT2D eigenvalue weighted by molar-refractivity contribution is 7.88. The van der Waals surface area contributed by atoms with Gasteiger partial charge in [-0.3, -0.25) is 9.69 Å². The summed E-state index contributed by atoms with van der Waals surface area (Å²) >= 11 is 0. The van der Waals surface area contributed by atoms with Crippen LogP contribution in [0.25, 0.3) is 5.57 Å². The highest BCUT2D eigenvalue weighted by atomic mass is 32.2. The van der Waals surface area contributed by atoms with Crippen LogP contribution in [0.3, 0.4) is 0 Å². The van der Waals surface area contributed by atoms with Crippen molar-refractivity contribution in [1.29, 1.82) is 0 Å². The summed E-state index contributed by atoms with van der Waals surface area (Å²) in [5, 5.41) is 0. The SMILES string of the molecule is CS(=O)(=O)N1CCN(C(=O)CCN2CC(c3cc(F)ccc3F)=C[C@H]2c2ccccc2)CC1. The largest absolute Gasteiger partial charge is 0.340 e. The van der Waals surface area contributed by atoms with E-state index in [4.69, 9.17) is 0 Å². The van der Waals surface area contributed by atoms with Crippen LogP contribution in [0.15, 0.2) is 54.6 Å². The van der Waals surface area contributed by atoms with Crippen LogP contribution in [0.2, 0.25) is 0 Å². The summed E-state index contributed by atoms with van der Waals surface area (Å²) in [6, 6.07) is 13.0. The third-order valence-electron chi connectivity index (χ3n) is 6.21. The Kier molecular flexibility index (Phi) is 6.92. The number of sulfonamides is 1. The minimum atomic E-state index is -3.25. The highest BCUT2D eigenvalue weighted by Crippen LogP contribution is 2.35. The van der Waals surface area contributed by atoms with Crippen LogP contribution >= 0.6 is 0 Å². The van der Waals surface area contributed by atoms with Crippen molar-refractivity contribution in [2.75, 3.05) is 45.5 Å². The fourth-order valence-electron chi connectivity index (χ4n) is 4.43. The van der Waals surface area contributed by atoms with Gasteiger partial charge in [-0.15, -0.1) is 0 Å². The molecule has 4 rings (SSSR count). The van der Waals surface area contributed by atoms with Gasteiger partial charge < -0.3 is 4.90 Å². The minimum Gasteiger partial charge on any atom is -0.340 e. The molecule has 0 unspecified atom stereocenters. The van der Waals surface area contributed by atoms with Gasteiger partial charge in [0.15, 0.2) is 0 Å². The zero-order valence-electron chi connectivity index (χ0n) is 18.5. The molecule has 1 saturated heterocycles. The van der Waals surface area contributed by atoms with Crippen LogP contribution in [-0.2, 0) is 14.8 Å². The first-order chi connectivity index (χ1) is 15.7. The second-order valence-electron chi connectivity index (χ2n) is 8.43. The van der Waals surface area contributed by atoms with Gasteiger partial charge in [0, 0.05) is 51.3 Å². The third-order valence-corrected chi connectivity index (χ3v) is 7.52. The van der Waals surface area contributed by atoms with Gasteiger partial charge in [-0.1, -0.05) is 36.4 Å². The number of benzene rings is 2. The molecular formula is C24H27F2N3O3S. The van der Waals surface area contributed by atoms with E-state index in [1.807, 2.05) is 36.4 Å². The molecule has 9 heteroatoms. The van der Waals surface area contributed by atoms with Gasteiger partial charge in [0.2, 0.25) is 15.9 Å². The van der Waals surface area contributed by atoms with Gasteiger partial charge in [0.05, 0.1) is 12.3 Å². The second-order valence-corrected chi connectivity index (χ2v) is 10.4. The number of nitrogens with zero attached hydrogens (tertiary/aromatic N) is 3. The molecule has 2 aromatic carbocycles. The standard InChI is InChI=1S/C24H27F2N3O3S/c1-33(31,32)29-13-11-27(12-14-29)24(30)9-10-28-17-19(21-16-20(25)7-8-22(21)26)15-23(28)18-5-3-2-4-6-18/h2-8,15-16,23H,9-14,17H2,1H3/t23-/m0/s1. The van der Waals surface area contributed by atoms with Crippen LogP contribution in [0.5, 0.6) is 0 Å². The summed E-state index contributed by atoms with van der Waals surface area (Å²) in [7, 11) is -3.25. The molecule has 0 radical (unpaired) electrons. The zero-order chi connectivity index (χ0) is 23.6. The molecule has 2 aliphatic heterocycles. The molecule has 1 atom stereocenters. The molecule has 0 saturated carbocycles. The average molecular weight is 476 g/mol. The molecule has 1 fully saturated rings. The first kappa shape index (κ1) is 23.5. The van der Waals surface area contributed by atoms with Crippen molar-refractivity contribution in [3.8, 4) is 0 Å². The van der Waals surface area contributed by atoms with Gasteiger partial charge in [0.25, 0.3) is 0 Å². The van der Waals surface area contributed by atoms with Crippen molar-refractivity contribution in [3.05, 3.63) is 77.4 Å². The maximum absolute atomic E-state index is 14.4. The molecule has 0 aliphatic carbocycles. The summed E-state index contributed by atoms with van der Waals surface area (Å²) in [5.41, 5.74) is 1.94. The lowest BCUT2D eigenvalue weighted by atomic mass is 10.0. The van der Waals surface area contributed by atoms with Crippen molar-refractivity contribution >= 4 is 21.5 Å². The third kappa shape index (κ3) is 5.48. The average Bonchev–Trinajstić information content (AvgIpc) is 3.23. The van der Waals surface area contributed by atoms with E-state index >= 15 is 0 Å². The molecule has 1 amide bonds. The number of carbonyl (C=O) groups is 1. The van der Waals surface area contributed by atoms with E-state index in [0.29, 0.717) is 44.8 Å². The summed E-state index contributed by atoms with van der Waals surface area (Å²) in [6.07, 6.45) is 3.37. The van der Waals surface area contributed by atoms with Crippen LogP contribution in [-0.4, -0.2) is 74.0 Å². The van der Waals surface area contributed by atoms with Crippen molar-refractivity contribution < 1.29 is 22.0 Å². The monoisotopic (exact) mass is 475 g/mol. The topological polar surface area (TPSA) is 60.9 Å². The van der Waals surface area contributed by atoms with Crippen LogP contribution < -0.4 is 0 Å².